The fourth-order valence-corrected chi connectivity index (χ4v) is 1.95. The lowest BCUT2D eigenvalue weighted by molar-refractivity contribution is 0.0988. The Hall–Kier alpha value is -1.97. The smallest absolute Gasteiger partial charge is 0.172 e. The standard InChI is InChI=1S/C14H17N3O/c1-3-7-17-8-6-16-14(17)9-13(18)12-10-15-5-4-11(12)2/h4-6,8,10H,3,7,9H2,1-2H3. The molecule has 0 aromatic carbocycles. The van der Waals surface area contributed by atoms with Crippen LogP contribution in [0.25, 0.3) is 0 Å². The molecule has 0 spiro atoms. The maximum Gasteiger partial charge on any atom is 0.172 e. The highest BCUT2D eigenvalue weighted by molar-refractivity contribution is 5.98. The Morgan fingerprint density at radius 1 is 1.39 bits per heavy atom. The molecule has 0 atom stereocenters. The Balaban J connectivity index is 2.17. The molecule has 0 aliphatic carbocycles. The predicted octanol–water partition coefficient (Wildman–Crippen LogP) is 2.42. The van der Waals surface area contributed by atoms with Crippen molar-refractivity contribution in [3.63, 3.8) is 0 Å². The number of aryl methyl sites for hydroxylation is 2. The van der Waals surface area contributed by atoms with E-state index in [0.717, 1.165) is 24.4 Å². The van der Waals surface area contributed by atoms with E-state index < -0.39 is 0 Å². The Morgan fingerprint density at radius 3 is 2.94 bits per heavy atom. The first-order valence-corrected chi connectivity index (χ1v) is 6.16. The highest BCUT2D eigenvalue weighted by Gasteiger charge is 2.13. The van der Waals surface area contributed by atoms with Gasteiger partial charge in [0.25, 0.3) is 0 Å². The second kappa shape index (κ2) is 5.58. The second-order valence-electron chi connectivity index (χ2n) is 4.33. The van der Waals surface area contributed by atoms with Gasteiger partial charge in [-0.25, -0.2) is 4.98 Å². The summed E-state index contributed by atoms with van der Waals surface area (Å²) < 4.78 is 2.03. The van der Waals surface area contributed by atoms with E-state index in [1.807, 2.05) is 23.8 Å². The Bertz CT molecular complexity index is 545. The largest absolute Gasteiger partial charge is 0.335 e. The fraction of sp³-hybridized carbons (Fsp3) is 0.357. The zero-order valence-corrected chi connectivity index (χ0v) is 10.8. The summed E-state index contributed by atoms with van der Waals surface area (Å²) in [5, 5.41) is 0. The third kappa shape index (κ3) is 2.64. The number of aromatic nitrogens is 3. The van der Waals surface area contributed by atoms with Crippen molar-refractivity contribution in [2.24, 2.45) is 0 Å². The van der Waals surface area contributed by atoms with Crippen LogP contribution >= 0.6 is 0 Å². The monoisotopic (exact) mass is 243 g/mol. The molecule has 18 heavy (non-hydrogen) atoms. The topological polar surface area (TPSA) is 47.8 Å². The number of ketones is 1. The molecular formula is C14H17N3O. The van der Waals surface area contributed by atoms with Crippen LogP contribution in [0.1, 0.15) is 35.1 Å². The normalized spacial score (nSPS) is 10.6. The van der Waals surface area contributed by atoms with Crippen LogP contribution in [0.3, 0.4) is 0 Å². The summed E-state index contributed by atoms with van der Waals surface area (Å²) in [7, 11) is 0. The summed E-state index contributed by atoms with van der Waals surface area (Å²) >= 11 is 0. The molecule has 0 aliphatic heterocycles. The first-order chi connectivity index (χ1) is 8.72. The molecule has 0 saturated carbocycles. The molecule has 2 aromatic heterocycles. The highest BCUT2D eigenvalue weighted by Crippen LogP contribution is 2.10. The number of nitrogens with zero attached hydrogens (tertiary/aromatic N) is 3. The summed E-state index contributed by atoms with van der Waals surface area (Å²) in [5.74, 6) is 0.897. The van der Waals surface area contributed by atoms with Crippen molar-refractivity contribution >= 4 is 5.78 Å². The third-order valence-electron chi connectivity index (χ3n) is 2.92. The molecule has 0 unspecified atom stereocenters. The average Bonchev–Trinajstić information content (AvgIpc) is 2.78. The van der Waals surface area contributed by atoms with Gasteiger partial charge in [0.1, 0.15) is 5.82 Å². The summed E-state index contributed by atoms with van der Waals surface area (Å²) in [6.45, 7) is 4.93. The van der Waals surface area contributed by atoms with Crippen LogP contribution in [-0.2, 0) is 13.0 Å². The zero-order chi connectivity index (χ0) is 13.0. The van der Waals surface area contributed by atoms with E-state index in [4.69, 9.17) is 0 Å². The lowest BCUT2D eigenvalue weighted by Gasteiger charge is -2.06. The van der Waals surface area contributed by atoms with Crippen LogP contribution in [0.5, 0.6) is 0 Å². The number of imidazole rings is 1. The van der Waals surface area contributed by atoms with Crippen molar-refractivity contribution in [2.75, 3.05) is 0 Å². The molecule has 0 N–H and O–H groups in total. The number of hydrogen-bond donors (Lipinski definition) is 0. The first kappa shape index (κ1) is 12.5. The van der Waals surface area contributed by atoms with Crippen LogP contribution in [0, 0.1) is 6.92 Å². The minimum Gasteiger partial charge on any atom is -0.335 e. The number of hydrogen-bond acceptors (Lipinski definition) is 3. The fourth-order valence-electron chi connectivity index (χ4n) is 1.95. The molecule has 2 rings (SSSR count). The number of rotatable bonds is 5. The molecule has 0 radical (unpaired) electrons. The van der Waals surface area contributed by atoms with Crippen molar-refractivity contribution in [3.05, 3.63) is 47.8 Å². The third-order valence-corrected chi connectivity index (χ3v) is 2.92. The molecule has 0 bridgehead atoms. The molecule has 2 aromatic rings. The van der Waals surface area contributed by atoms with E-state index in [-0.39, 0.29) is 5.78 Å². The van der Waals surface area contributed by atoms with Crippen molar-refractivity contribution in [2.45, 2.75) is 33.2 Å². The molecule has 0 fully saturated rings. The van der Waals surface area contributed by atoms with Crippen LogP contribution in [-0.4, -0.2) is 20.3 Å². The van der Waals surface area contributed by atoms with E-state index in [1.54, 1.807) is 18.6 Å². The minimum absolute atomic E-state index is 0.0733. The Morgan fingerprint density at radius 2 is 2.22 bits per heavy atom. The van der Waals surface area contributed by atoms with Crippen LogP contribution in [0.2, 0.25) is 0 Å². The van der Waals surface area contributed by atoms with Gasteiger partial charge in [-0.1, -0.05) is 6.92 Å². The van der Waals surface area contributed by atoms with Gasteiger partial charge in [-0.3, -0.25) is 9.78 Å². The number of pyridine rings is 1. The maximum atomic E-state index is 12.2. The van der Waals surface area contributed by atoms with Gasteiger partial charge in [0, 0.05) is 36.9 Å². The van der Waals surface area contributed by atoms with Gasteiger partial charge < -0.3 is 4.57 Å². The zero-order valence-electron chi connectivity index (χ0n) is 10.8. The number of Topliss-reactive ketones (excluding diaryl/α,β-unsaturated/α-hetero) is 1. The van der Waals surface area contributed by atoms with Crippen LogP contribution in [0.15, 0.2) is 30.9 Å². The van der Waals surface area contributed by atoms with Gasteiger partial charge in [-0.15, -0.1) is 0 Å². The number of carbonyl (C=O) groups is 1. The molecular weight excluding hydrogens is 226 g/mol. The highest BCUT2D eigenvalue weighted by atomic mass is 16.1. The molecule has 4 nitrogen and oxygen atoms in total. The summed E-state index contributed by atoms with van der Waals surface area (Å²) in [5.41, 5.74) is 1.65. The quantitative estimate of drug-likeness (QED) is 0.758. The molecule has 0 saturated heterocycles. The van der Waals surface area contributed by atoms with Gasteiger partial charge >= 0.3 is 0 Å². The van der Waals surface area contributed by atoms with Crippen molar-refractivity contribution in [3.8, 4) is 0 Å². The van der Waals surface area contributed by atoms with Gasteiger partial charge in [0.15, 0.2) is 5.78 Å². The molecule has 0 amide bonds. The summed E-state index contributed by atoms with van der Waals surface area (Å²) in [6, 6.07) is 1.85. The van der Waals surface area contributed by atoms with Crippen LogP contribution < -0.4 is 0 Å². The van der Waals surface area contributed by atoms with Gasteiger partial charge in [0.2, 0.25) is 0 Å². The molecule has 4 heteroatoms. The Kier molecular flexibility index (Phi) is 3.87. The SMILES string of the molecule is CCCn1ccnc1CC(=O)c1cnccc1C. The van der Waals surface area contributed by atoms with Crippen molar-refractivity contribution in [1.82, 2.24) is 14.5 Å². The average molecular weight is 243 g/mol. The van der Waals surface area contributed by atoms with Gasteiger partial charge in [-0.05, 0) is 25.0 Å². The van der Waals surface area contributed by atoms with E-state index in [1.165, 1.54) is 0 Å². The van der Waals surface area contributed by atoms with Gasteiger partial charge in [0.05, 0.1) is 6.42 Å². The van der Waals surface area contributed by atoms with E-state index in [2.05, 4.69) is 16.9 Å². The molecule has 0 aliphatic rings. The van der Waals surface area contributed by atoms with Gasteiger partial charge in [-0.2, -0.15) is 0 Å². The van der Waals surface area contributed by atoms with Crippen molar-refractivity contribution < 1.29 is 4.79 Å². The molecule has 2 heterocycles. The second-order valence-corrected chi connectivity index (χ2v) is 4.33. The first-order valence-electron chi connectivity index (χ1n) is 6.16. The van der Waals surface area contributed by atoms with E-state index in [0.29, 0.717) is 12.0 Å². The van der Waals surface area contributed by atoms with Crippen LogP contribution in [0.4, 0.5) is 0 Å². The predicted molar refractivity (Wildman–Crippen MR) is 69.5 cm³/mol. The maximum absolute atomic E-state index is 12.2. The summed E-state index contributed by atoms with van der Waals surface area (Å²) in [4.78, 5) is 20.5. The number of carbonyl (C=O) groups excluding carboxylic acids is 1. The summed E-state index contributed by atoms with van der Waals surface area (Å²) in [6.07, 6.45) is 8.36. The molecule has 94 valence electrons. The lowest BCUT2D eigenvalue weighted by atomic mass is 10.1. The van der Waals surface area contributed by atoms with E-state index >= 15 is 0 Å². The lowest BCUT2D eigenvalue weighted by Crippen LogP contribution is -2.11. The minimum atomic E-state index is 0.0733. The van der Waals surface area contributed by atoms with E-state index in [9.17, 15) is 4.79 Å². The Labute approximate surface area is 107 Å². The van der Waals surface area contributed by atoms with Crippen molar-refractivity contribution in [1.29, 1.82) is 0 Å².